The van der Waals surface area contributed by atoms with Crippen LogP contribution in [0.5, 0.6) is 0 Å². The lowest BCUT2D eigenvalue weighted by atomic mass is 10.0. The molecule has 0 aliphatic heterocycles. The van der Waals surface area contributed by atoms with Crippen LogP contribution in [-0.4, -0.2) is 27.9 Å². The Labute approximate surface area is 224 Å². The monoisotopic (exact) mass is 540 g/mol. The van der Waals surface area contributed by atoms with Crippen LogP contribution in [0.2, 0.25) is 0 Å². The smallest absolute Gasteiger partial charge is 0.266 e. The molecule has 0 spiro atoms. The third-order valence-electron chi connectivity index (χ3n) is 5.73. The highest BCUT2D eigenvalue weighted by Gasteiger charge is 2.16. The van der Waals surface area contributed by atoms with Gasteiger partial charge in [-0.25, -0.2) is 23.5 Å². The lowest BCUT2D eigenvalue weighted by Gasteiger charge is -2.14. The number of sulfonamides is 1. The molecule has 0 aliphatic rings. The maximum absolute atomic E-state index is 13.6. The van der Waals surface area contributed by atoms with Crippen molar-refractivity contribution in [2.45, 2.75) is 18.2 Å². The largest absolute Gasteiger partial charge is 0.382 e. The molecular weight excluding hydrogens is 516 g/mol. The van der Waals surface area contributed by atoms with Crippen molar-refractivity contribution in [2.75, 3.05) is 11.5 Å². The topological polar surface area (TPSA) is 197 Å². The zero-order valence-corrected chi connectivity index (χ0v) is 21.6. The summed E-state index contributed by atoms with van der Waals surface area (Å²) in [6, 6.07) is 22.8. The van der Waals surface area contributed by atoms with Gasteiger partial charge in [-0.2, -0.15) is 10.2 Å². The number of anilines is 2. The highest BCUT2D eigenvalue weighted by atomic mass is 32.2. The molecule has 3 aromatic carbocycles. The van der Waals surface area contributed by atoms with Gasteiger partial charge in [-0.05, 0) is 41.5 Å². The number of rotatable bonds is 4. The van der Waals surface area contributed by atoms with Gasteiger partial charge in [0.05, 0.1) is 27.7 Å². The van der Waals surface area contributed by atoms with Crippen LogP contribution in [0.1, 0.15) is 18.3 Å². The summed E-state index contributed by atoms with van der Waals surface area (Å²) >= 11 is 0. The fourth-order valence-electron chi connectivity index (χ4n) is 3.93. The Kier molecular flexibility index (Phi) is 7.66. The Morgan fingerprint density at radius 3 is 2.33 bits per heavy atom. The summed E-state index contributed by atoms with van der Waals surface area (Å²) in [5, 5.41) is 14.1. The number of nitriles is 1. The first kappa shape index (κ1) is 26.9. The second-order valence-electron chi connectivity index (χ2n) is 8.27. The molecule has 11 nitrogen and oxygen atoms in total. The van der Waals surface area contributed by atoms with E-state index in [1.165, 1.54) is 18.3 Å². The molecule has 12 heteroatoms. The molecule has 5 rings (SSSR count). The number of hydrogen-bond acceptors (Lipinski definition) is 9. The van der Waals surface area contributed by atoms with Gasteiger partial charge in [-0.15, -0.1) is 0 Å². The lowest BCUT2D eigenvalue weighted by Crippen LogP contribution is -2.24. The van der Waals surface area contributed by atoms with E-state index in [2.05, 4.69) is 9.97 Å². The minimum absolute atomic E-state index is 0.00599. The number of para-hydroxylation sites is 1. The van der Waals surface area contributed by atoms with Crippen LogP contribution >= 0.6 is 0 Å². The molecule has 0 bridgehead atoms. The predicted molar refractivity (Wildman–Crippen MR) is 149 cm³/mol. The van der Waals surface area contributed by atoms with Gasteiger partial charge in [-0.3, -0.25) is 9.36 Å². The summed E-state index contributed by atoms with van der Waals surface area (Å²) in [4.78, 5) is 25.4. The van der Waals surface area contributed by atoms with Crippen molar-refractivity contribution in [1.29, 1.82) is 5.26 Å². The second kappa shape index (κ2) is 11.1. The molecule has 0 saturated carbocycles. The molecular formula is C27H24N8O3S. The number of nitrogens with zero attached hydrogens (tertiary/aromatic N) is 5. The predicted octanol–water partition coefficient (Wildman–Crippen LogP) is 2.78. The molecule has 196 valence electrons. The Morgan fingerprint density at radius 2 is 1.69 bits per heavy atom. The van der Waals surface area contributed by atoms with Gasteiger partial charge in [0.2, 0.25) is 16.0 Å². The van der Waals surface area contributed by atoms with Gasteiger partial charge in [0.25, 0.3) is 5.56 Å². The van der Waals surface area contributed by atoms with Crippen molar-refractivity contribution in [3.63, 3.8) is 0 Å². The van der Waals surface area contributed by atoms with E-state index in [0.29, 0.717) is 34.3 Å². The van der Waals surface area contributed by atoms with Crippen molar-refractivity contribution in [3.05, 3.63) is 101 Å². The number of benzene rings is 3. The van der Waals surface area contributed by atoms with E-state index < -0.39 is 10.0 Å². The number of aryl methyl sites for hydroxylation is 1. The molecule has 0 fully saturated rings. The molecule has 2 aromatic heterocycles. The molecule has 2 heterocycles. The minimum Gasteiger partial charge on any atom is -0.382 e. The van der Waals surface area contributed by atoms with E-state index in [1.54, 1.807) is 34.9 Å². The first-order chi connectivity index (χ1) is 18.6. The summed E-state index contributed by atoms with van der Waals surface area (Å²) in [5.41, 5.74) is 13.0. The summed E-state index contributed by atoms with van der Waals surface area (Å²) in [7, 11) is -3.86. The summed E-state index contributed by atoms with van der Waals surface area (Å²) < 4.78 is 25.1. The molecule has 0 aliphatic carbocycles. The highest BCUT2D eigenvalue weighted by Crippen LogP contribution is 2.28. The van der Waals surface area contributed by atoms with E-state index in [4.69, 9.17) is 26.9 Å². The fraction of sp³-hybridized carbons (Fsp3) is 0.0741. The van der Waals surface area contributed by atoms with E-state index in [-0.39, 0.29) is 27.8 Å². The molecule has 0 saturated heterocycles. The Bertz CT molecular complexity index is 1880. The van der Waals surface area contributed by atoms with Crippen LogP contribution in [0.25, 0.3) is 27.7 Å². The van der Waals surface area contributed by atoms with Gasteiger partial charge >= 0.3 is 0 Å². The number of aromatic nitrogens is 4. The van der Waals surface area contributed by atoms with Gasteiger partial charge in [0.15, 0.2) is 0 Å². The first-order valence-electron chi connectivity index (χ1n) is 11.7. The van der Waals surface area contributed by atoms with Crippen LogP contribution in [0.3, 0.4) is 0 Å². The van der Waals surface area contributed by atoms with Crippen molar-refractivity contribution < 1.29 is 8.42 Å². The number of hydrogen-bond donors (Lipinski definition) is 3. The molecule has 0 atom stereocenters. The van der Waals surface area contributed by atoms with Gasteiger partial charge < -0.3 is 11.5 Å². The molecule has 5 aromatic rings. The Hall–Kier alpha value is -5.12. The van der Waals surface area contributed by atoms with E-state index in [9.17, 15) is 13.2 Å². The lowest BCUT2D eigenvalue weighted by molar-refractivity contribution is 0.598. The van der Waals surface area contributed by atoms with Crippen molar-refractivity contribution >= 4 is 32.7 Å². The van der Waals surface area contributed by atoms with Gasteiger partial charge in [-0.1, -0.05) is 49.4 Å². The minimum atomic E-state index is -3.86. The normalized spacial score (nSPS) is 10.9. The van der Waals surface area contributed by atoms with Crippen molar-refractivity contribution in [3.8, 4) is 22.9 Å². The summed E-state index contributed by atoms with van der Waals surface area (Å²) in [6.07, 6.45) is 1.88. The molecule has 0 radical (unpaired) electrons. The number of fused-ring (bicyclic) bond motifs is 1. The van der Waals surface area contributed by atoms with Crippen LogP contribution in [0.4, 0.5) is 11.8 Å². The molecule has 39 heavy (non-hydrogen) atoms. The fourth-order valence-corrected chi connectivity index (χ4v) is 4.49. The highest BCUT2D eigenvalue weighted by molar-refractivity contribution is 7.89. The standard InChI is InChI=1S/C22H19N3O3S.C5H5N5/c1-2-20-24-19-13-7-12-18(15-8-6-11-17(14-15)29(23,27)28)21(19)22(26)25(20)16-9-4-3-5-10-16;6-1-3-2-9-5(8)10-4(3)7/h3-14H,2H2,1H3,(H2,23,27,28);2H,(H4,7,8,9,10). The van der Waals surface area contributed by atoms with E-state index >= 15 is 0 Å². The van der Waals surface area contributed by atoms with Gasteiger partial charge in [0.1, 0.15) is 23.3 Å². The van der Waals surface area contributed by atoms with Crippen molar-refractivity contribution in [2.24, 2.45) is 5.14 Å². The molecule has 6 N–H and O–H groups in total. The average molecular weight is 541 g/mol. The van der Waals surface area contributed by atoms with Crippen LogP contribution in [-0.2, 0) is 16.4 Å². The van der Waals surface area contributed by atoms with E-state index in [1.807, 2.05) is 43.3 Å². The zero-order chi connectivity index (χ0) is 28.2. The maximum atomic E-state index is 13.6. The van der Waals surface area contributed by atoms with Crippen LogP contribution in [0, 0.1) is 11.3 Å². The first-order valence-corrected chi connectivity index (χ1v) is 13.2. The molecule has 0 unspecified atom stereocenters. The van der Waals surface area contributed by atoms with Crippen LogP contribution < -0.4 is 22.2 Å². The second-order valence-corrected chi connectivity index (χ2v) is 9.83. The average Bonchev–Trinajstić information content (AvgIpc) is 2.93. The van der Waals surface area contributed by atoms with Crippen molar-refractivity contribution in [1.82, 2.24) is 19.5 Å². The number of primary sulfonamides is 1. The third kappa shape index (κ3) is 5.74. The number of nitrogens with two attached hydrogens (primary N) is 3. The SMILES string of the molecule is CCc1nc2cccc(-c3cccc(S(N)(=O)=O)c3)c2c(=O)n1-c1ccccc1.N#Cc1cnc(N)nc1N. The Balaban J connectivity index is 0.000000298. The summed E-state index contributed by atoms with van der Waals surface area (Å²) in [5.74, 6) is 0.857. The third-order valence-corrected chi connectivity index (χ3v) is 6.64. The Morgan fingerprint density at radius 1 is 0.974 bits per heavy atom. The maximum Gasteiger partial charge on any atom is 0.266 e. The van der Waals surface area contributed by atoms with Gasteiger partial charge in [0, 0.05) is 6.42 Å². The summed E-state index contributed by atoms with van der Waals surface area (Å²) in [6.45, 7) is 1.95. The molecule has 0 amide bonds. The zero-order valence-electron chi connectivity index (χ0n) is 20.8. The van der Waals surface area contributed by atoms with Crippen LogP contribution in [0.15, 0.2) is 88.7 Å². The quantitative estimate of drug-likeness (QED) is 0.307. The number of nitrogen functional groups attached to an aromatic ring is 2. The van der Waals surface area contributed by atoms with E-state index in [0.717, 1.165) is 5.69 Å².